The molecule has 0 amide bonds. The van der Waals surface area contributed by atoms with Crippen LogP contribution in [0.2, 0.25) is 0 Å². The van der Waals surface area contributed by atoms with Crippen LogP contribution in [-0.2, 0) is 6.42 Å². The van der Waals surface area contributed by atoms with Crippen molar-refractivity contribution in [3.05, 3.63) is 42.0 Å². The van der Waals surface area contributed by atoms with E-state index in [1.54, 1.807) is 36.4 Å². The molecule has 3 N–H and O–H groups in total. The van der Waals surface area contributed by atoms with E-state index in [-0.39, 0.29) is 17.2 Å². The van der Waals surface area contributed by atoms with Crippen molar-refractivity contribution < 1.29 is 15.3 Å². The lowest BCUT2D eigenvalue weighted by Gasteiger charge is -2.10. The van der Waals surface area contributed by atoms with Crippen molar-refractivity contribution in [1.82, 2.24) is 0 Å². The molecule has 0 aliphatic carbocycles. The van der Waals surface area contributed by atoms with E-state index < -0.39 is 0 Å². The average molecular weight is 230 g/mol. The third-order valence-corrected chi connectivity index (χ3v) is 2.77. The Kier molecular flexibility index (Phi) is 2.91. The molecule has 0 spiro atoms. The fraction of sp³-hybridized carbons (Fsp3) is 0.143. The molecule has 0 saturated heterocycles. The zero-order chi connectivity index (χ0) is 12.4. The minimum atomic E-state index is -0.144. The number of phenolic OH excluding ortho intramolecular Hbond substituents is 3. The van der Waals surface area contributed by atoms with Gasteiger partial charge in [0.25, 0.3) is 0 Å². The lowest BCUT2D eigenvalue weighted by molar-refractivity contribution is 0.401. The second-order valence-corrected chi connectivity index (χ2v) is 3.87. The molecule has 0 atom stereocenters. The minimum Gasteiger partial charge on any atom is -0.508 e. The molecule has 0 fully saturated rings. The molecule has 2 aromatic rings. The maximum Gasteiger partial charge on any atom is 0.165 e. The summed E-state index contributed by atoms with van der Waals surface area (Å²) in [4.78, 5) is 0. The van der Waals surface area contributed by atoms with Crippen molar-refractivity contribution in [3.8, 4) is 28.4 Å². The van der Waals surface area contributed by atoms with Gasteiger partial charge in [0.15, 0.2) is 11.5 Å². The monoisotopic (exact) mass is 230 g/mol. The molecule has 0 saturated carbocycles. The molecule has 0 aliphatic heterocycles. The predicted octanol–water partition coefficient (Wildman–Crippen LogP) is 3.03. The summed E-state index contributed by atoms with van der Waals surface area (Å²) in [5, 5.41) is 29.1. The van der Waals surface area contributed by atoms with Crippen molar-refractivity contribution in [2.24, 2.45) is 0 Å². The second kappa shape index (κ2) is 4.37. The van der Waals surface area contributed by atoms with Crippen LogP contribution in [0.15, 0.2) is 36.4 Å². The summed E-state index contributed by atoms with van der Waals surface area (Å²) >= 11 is 0. The van der Waals surface area contributed by atoms with Crippen molar-refractivity contribution in [1.29, 1.82) is 0 Å². The Hall–Kier alpha value is -2.16. The topological polar surface area (TPSA) is 60.7 Å². The molecule has 0 aromatic heterocycles. The zero-order valence-electron chi connectivity index (χ0n) is 9.51. The van der Waals surface area contributed by atoms with E-state index in [4.69, 9.17) is 0 Å². The van der Waals surface area contributed by atoms with Crippen molar-refractivity contribution >= 4 is 0 Å². The van der Waals surface area contributed by atoms with Crippen LogP contribution in [0.1, 0.15) is 12.5 Å². The van der Waals surface area contributed by atoms with Gasteiger partial charge in [-0.3, -0.25) is 0 Å². The summed E-state index contributed by atoms with van der Waals surface area (Å²) in [6.45, 7) is 1.91. The average Bonchev–Trinajstić information content (AvgIpc) is 2.32. The lowest BCUT2D eigenvalue weighted by Crippen LogP contribution is -1.85. The van der Waals surface area contributed by atoms with Gasteiger partial charge in [0, 0.05) is 5.56 Å². The Bertz CT molecular complexity index is 547. The van der Waals surface area contributed by atoms with Crippen LogP contribution in [0.3, 0.4) is 0 Å². The van der Waals surface area contributed by atoms with Crippen molar-refractivity contribution in [3.63, 3.8) is 0 Å². The molecule has 0 radical (unpaired) electrons. The van der Waals surface area contributed by atoms with Crippen LogP contribution in [0, 0.1) is 0 Å². The quantitative estimate of drug-likeness (QED) is 0.695. The van der Waals surface area contributed by atoms with Crippen LogP contribution >= 0.6 is 0 Å². The number of aromatic hydroxyl groups is 3. The van der Waals surface area contributed by atoms with Gasteiger partial charge in [-0.15, -0.1) is 0 Å². The van der Waals surface area contributed by atoms with Gasteiger partial charge in [0.05, 0.1) is 0 Å². The second-order valence-electron chi connectivity index (χ2n) is 3.87. The highest BCUT2D eigenvalue weighted by atomic mass is 16.3. The number of phenols is 3. The van der Waals surface area contributed by atoms with E-state index in [2.05, 4.69) is 0 Å². The molecule has 2 rings (SSSR count). The van der Waals surface area contributed by atoms with Crippen molar-refractivity contribution in [2.45, 2.75) is 13.3 Å². The number of rotatable bonds is 2. The molecule has 0 heterocycles. The summed E-state index contributed by atoms with van der Waals surface area (Å²) < 4.78 is 0. The largest absolute Gasteiger partial charge is 0.508 e. The molecule has 0 unspecified atom stereocenters. The molecular weight excluding hydrogens is 216 g/mol. The smallest absolute Gasteiger partial charge is 0.165 e. The molecule has 3 heteroatoms. The first kappa shape index (κ1) is 11.3. The van der Waals surface area contributed by atoms with Gasteiger partial charge in [-0.25, -0.2) is 0 Å². The maximum atomic E-state index is 9.92. The van der Waals surface area contributed by atoms with Crippen LogP contribution < -0.4 is 0 Å². The van der Waals surface area contributed by atoms with Gasteiger partial charge < -0.3 is 15.3 Å². The Morgan fingerprint density at radius 1 is 0.941 bits per heavy atom. The van der Waals surface area contributed by atoms with Gasteiger partial charge >= 0.3 is 0 Å². The molecule has 2 aromatic carbocycles. The molecular formula is C14H14O3. The summed E-state index contributed by atoms with van der Waals surface area (Å²) in [5.41, 5.74) is 1.88. The molecule has 0 aliphatic rings. The first-order valence-electron chi connectivity index (χ1n) is 5.46. The number of hydrogen-bond donors (Lipinski definition) is 3. The van der Waals surface area contributed by atoms with Gasteiger partial charge in [0.1, 0.15) is 5.75 Å². The van der Waals surface area contributed by atoms with Gasteiger partial charge in [0.2, 0.25) is 0 Å². The number of hydrogen-bond acceptors (Lipinski definition) is 3. The fourth-order valence-corrected chi connectivity index (χ4v) is 1.81. The van der Waals surface area contributed by atoms with E-state index >= 15 is 0 Å². The van der Waals surface area contributed by atoms with Gasteiger partial charge in [-0.2, -0.15) is 0 Å². The first-order valence-corrected chi connectivity index (χ1v) is 5.46. The third kappa shape index (κ3) is 2.04. The van der Waals surface area contributed by atoms with E-state index in [1.807, 2.05) is 6.92 Å². The molecule has 0 bridgehead atoms. The zero-order valence-corrected chi connectivity index (χ0v) is 9.51. The first-order chi connectivity index (χ1) is 8.13. The molecule has 17 heavy (non-hydrogen) atoms. The Labute approximate surface area is 99.6 Å². The highest BCUT2D eigenvalue weighted by Crippen LogP contribution is 2.39. The fourth-order valence-electron chi connectivity index (χ4n) is 1.81. The highest BCUT2D eigenvalue weighted by Gasteiger charge is 2.12. The van der Waals surface area contributed by atoms with E-state index in [0.717, 1.165) is 0 Å². The predicted molar refractivity (Wildman–Crippen MR) is 66.3 cm³/mol. The lowest BCUT2D eigenvalue weighted by atomic mass is 10.0. The maximum absolute atomic E-state index is 9.92. The van der Waals surface area contributed by atoms with Gasteiger partial charge in [-0.05, 0) is 29.7 Å². The van der Waals surface area contributed by atoms with Gasteiger partial charge in [-0.1, -0.05) is 31.2 Å². The Morgan fingerprint density at radius 3 is 2.35 bits per heavy atom. The summed E-state index contributed by atoms with van der Waals surface area (Å²) in [7, 11) is 0. The van der Waals surface area contributed by atoms with Crippen LogP contribution in [0.4, 0.5) is 0 Å². The van der Waals surface area contributed by atoms with Crippen LogP contribution in [0.25, 0.3) is 11.1 Å². The molecule has 88 valence electrons. The van der Waals surface area contributed by atoms with Crippen LogP contribution in [-0.4, -0.2) is 15.3 Å². The third-order valence-electron chi connectivity index (χ3n) is 2.77. The van der Waals surface area contributed by atoms with Crippen molar-refractivity contribution in [2.75, 3.05) is 0 Å². The summed E-state index contributed by atoms with van der Waals surface area (Å²) in [6, 6.07) is 10.1. The highest BCUT2D eigenvalue weighted by molar-refractivity contribution is 5.75. The molecule has 3 nitrogen and oxygen atoms in total. The summed E-state index contributed by atoms with van der Waals surface area (Å²) in [6.07, 6.45) is 0.652. The van der Waals surface area contributed by atoms with E-state index in [1.165, 1.54) is 0 Å². The SMILES string of the molecule is CCc1ccc(-c2cccc(O)c2)c(O)c1O. The Balaban J connectivity index is 2.57. The van der Waals surface area contributed by atoms with E-state index in [0.29, 0.717) is 23.1 Å². The van der Waals surface area contributed by atoms with Crippen LogP contribution in [0.5, 0.6) is 17.2 Å². The normalized spacial score (nSPS) is 10.4. The minimum absolute atomic E-state index is 0.0895. The Morgan fingerprint density at radius 2 is 1.71 bits per heavy atom. The number of benzene rings is 2. The van der Waals surface area contributed by atoms with E-state index in [9.17, 15) is 15.3 Å². The number of aryl methyl sites for hydroxylation is 1. The standard InChI is InChI=1S/C14H14O3/c1-2-9-6-7-12(14(17)13(9)16)10-4-3-5-11(15)8-10/h3-8,15-17H,2H2,1H3. The summed E-state index contributed by atoms with van der Waals surface area (Å²) in [5.74, 6) is -0.107.